The molecule has 0 spiro atoms. The molecule has 0 amide bonds. The third kappa shape index (κ3) is 1.91. The summed E-state index contributed by atoms with van der Waals surface area (Å²) >= 11 is 0. The third-order valence-corrected chi connectivity index (χ3v) is 4.46. The van der Waals surface area contributed by atoms with Crippen molar-refractivity contribution in [3.8, 4) is 11.5 Å². The van der Waals surface area contributed by atoms with E-state index in [4.69, 9.17) is 4.52 Å². The third-order valence-electron chi connectivity index (χ3n) is 4.46. The Balaban J connectivity index is 1.62. The maximum absolute atomic E-state index is 5.47. The molecule has 3 unspecified atom stereocenters. The molecule has 1 N–H and O–H groups in total. The van der Waals surface area contributed by atoms with Crippen LogP contribution in [0.2, 0.25) is 0 Å². The Bertz CT molecular complexity index is 626. The number of fused-ring (bicyclic) bond motifs is 1. The molecule has 2 aromatic heterocycles. The predicted molar refractivity (Wildman–Crippen MR) is 71.6 cm³/mol. The van der Waals surface area contributed by atoms with Gasteiger partial charge in [-0.25, -0.2) is 9.97 Å². The van der Waals surface area contributed by atoms with Crippen molar-refractivity contribution < 1.29 is 4.52 Å². The van der Waals surface area contributed by atoms with Crippen molar-refractivity contribution in [1.29, 1.82) is 0 Å². The van der Waals surface area contributed by atoms with Crippen LogP contribution in [0.3, 0.4) is 0 Å². The molecule has 0 aromatic carbocycles. The fourth-order valence-electron chi connectivity index (χ4n) is 3.50. The van der Waals surface area contributed by atoms with E-state index in [0.717, 1.165) is 12.5 Å². The molecule has 1 aliphatic heterocycles. The highest BCUT2D eigenvalue weighted by Gasteiger charge is 2.42. The first-order valence-electron chi connectivity index (χ1n) is 7.18. The molecule has 6 heteroatoms. The van der Waals surface area contributed by atoms with E-state index < -0.39 is 0 Å². The zero-order chi connectivity index (χ0) is 13.5. The van der Waals surface area contributed by atoms with Crippen molar-refractivity contribution >= 4 is 0 Å². The molecule has 3 atom stereocenters. The summed E-state index contributed by atoms with van der Waals surface area (Å²) < 4.78 is 5.47. The standard InChI is InChI=1S/C14H17N5O/c1-8-15-6-5-11(17-8)13-18-14(20-19-13)12-10-4-2-3-9(10)7-16-12/h5-6,9-10,12,16H,2-4,7H2,1H3. The van der Waals surface area contributed by atoms with Crippen molar-refractivity contribution in [2.75, 3.05) is 6.54 Å². The molecule has 1 saturated heterocycles. The molecule has 20 heavy (non-hydrogen) atoms. The van der Waals surface area contributed by atoms with Crippen LogP contribution in [-0.2, 0) is 0 Å². The van der Waals surface area contributed by atoms with Gasteiger partial charge in [0, 0.05) is 6.20 Å². The molecule has 2 fully saturated rings. The highest BCUT2D eigenvalue weighted by molar-refractivity contribution is 5.47. The molecular formula is C14H17N5O. The van der Waals surface area contributed by atoms with Crippen molar-refractivity contribution in [3.05, 3.63) is 24.0 Å². The molecule has 1 saturated carbocycles. The molecular weight excluding hydrogens is 254 g/mol. The van der Waals surface area contributed by atoms with Crippen LogP contribution in [-0.4, -0.2) is 26.7 Å². The highest BCUT2D eigenvalue weighted by Crippen LogP contribution is 2.43. The first-order chi connectivity index (χ1) is 9.81. The van der Waals surface area contributed by atoms with Gasteiger partial charge in [-0.1, -0.05) is 11.6 Å². The van der Waals surface area contributed by atoms with E-state index in [-0.39, 0.29) is 6.04 Å². The van der Waals surface area contributed by atoms with Crippen LogP contribution in [0.4, 0.5) is 0 Å². The van der Waals surface area contributed by atoms with Crippen molar-refractivity contribution in [3.63, 3.8) is 0 Å². The van der Waals surface area contributed by atoms with Gasteiger partial charge in [-0.15, -0.1) is 0 Å². The molecule has 2 aliphatic rings. The zero-order valence-corrected chi connectivity index (χ0v) is 11.4. The summed E-state index contributed by atoms with van der Waals surface area (Å²) in [5, 5.41) is 7.59. The van der Waals surface area contributed by atoms with Crippen molar-refractivity contribution in [2.45, 2.75) is 32.2 Å². The fraction of sp³-hybridized carbons (Fsp3) is 0.571. The minimum Gasteiger partial charge on any atom is -0.337 e. The maximum Gasteiger partial charge on any atom is 0.244 e. The number of hydrogen-bond donors (Lipinski definition) is 1. The summed E-state index contributed by atoms with van der Waals surface area (Å²) in [7, 11) is 0. The van der Waals surface area contributed by atoms with Crippen LogP contribution in [0, 0.1) is 18.8 Å². The predicted octanol–water partition coefficient (Wildman–Crippen LogP) is 1.90. The summed E-state index contributed by atoms with van der Waals surface area (Å²) in [5.74, 6) is 3.38. The molecule has 6 nitrogen and oxygen atoms in total. The fourth-order valence-corrected chi connectivity index (χ4v) is 3.50. The Morgan fingerprint density at radius 2 is 2.25 bits per heavy atom. The Morgan fingerprint density at radius 1 is 1.30 bits per heavy atom. The minimum absolute atomic E-state index is 0.215. The van der Waals surface area contributed by atoms with Crippen LogP contribution < -0.4 is 5.32 Å². The first-order valence-corrected chi connectivity index (χ1v) is 7.18. The number of nitrogens with zero attached hydrogens (tertiary/aromatic N) is 4. The quantitative estimate of drug-likeness (QED) is 0.899. The summed E-state index contributed by atoms with van der Waals surface area (Å²) in [6.45, 7) is 2.92. The van der Waals surface area contributed by atoms with Gasteiger partial charge in [-0.05, 0) is 44.2 Å². The lowest BCUT2D eigenvalue weighted by Gasteiger charge is -2.13. The number of nitrogens with one attached hydrogen (secondary N) is 1. The minimum atomic E-state index is 0.215. The molecule has 0 radical (unpaired) electrons. The summed E-state index contributed by atoms with van der Waals surface area (Å²) in [4.78, 5) is 13.0. The molecule has 3 heterocycles. The lowest BCUT2D eigenvalue weighted by atomic mass is 9.94. The van der Waals surface area contributed by atoms with Crippen LogP contribution >= 0.6 is 0 Å². The maximum atomic E-state index is 5.47. The van der Waals surface area contributed by atoms with E-state index in [9.17, 15) is 0 Å². The van der Waals surface area contributed by atoms with Gasteiger partial charge < -0.3 is 9.84 Å². The van der Waals surface area contributed by atoms with E-state index >= 15 is 0 Å². The van der Waals surface area contributed by atoms with E-state index in [0.29, 0.717) is 29.2 Å². The van der Waals surface area contributed by atoms with Gasteiger partial charge in [0.2, 0.25) is 11.7 Å². The normalized spacial score (nSPS) is 28.8. The Labute approximate surface area is 117 Å². The molecule has 2 aromatic rings. The van der Waals surface area contributed by atoms with Crippen molar-refractivity contribution in [2.24, 2.45) is 11.8 Å². The Hall–Kier alpha value is -1.82. The second-order valence-corrected chi connectivity index (χ2v) is 5.69. The second-order valence-electron chi connectivity index (χ2n) is 5.69. The lowest BCUT2D eigenvalue weighted by Crippen LogP contribution is -2.18. The van der Waals surface area contributed by atoms with Gasteiger partial charge in [0.05, 0.1) is 6.04 Å². The second kappa shape index (κ2) is 4.63. The van der Waals surface area contributed by atoms with Crippen LogP contribution in [0.25, 0.3) is 11.5 Å². The Morgan fingerprint density at radius 3 is 3.15 bits per heavy atom. The molecule has 0 bridgehead atoms. The largest absolute Gasteiger partial charge is 0.337 e. The van der Waals surface area contributed by atoms with E-state index in [1.807, 2.05) is 13.0 Å². The average molecular weight is 271 g/mol. The SMILES string of the molecule is Cc1nccc(-c2noc(C3NCC4CCCC43)n2)n1. The molecule has 104 valence electrons. The van der Waals surface area contributed by atoms with Gasteiger partial charge in [0.25, 0.3) is 0 Å². The number of rotatable bonds is 2. The van der Waals surface area contributed by atoms with Gasteiger partial charge in [0.1, 0.15) is 11.5 Å². The number of hydrogen-bond acceptors (Lipinski definition) is 6. The van der Waals surface area contributed by atoms with Gasteiger partial charge in [-0.2, -0.15) is 4.98 Å². The lowest BCUT2D eigenvalue weighted by molar-refractivity contribution is 0.302. The summed E-state index contributed by atoms with van der Waals surface area (Å²) in [6.07, 6.45) is 5.61. The number of aryl methyl sites for hydroxylation is 1. The highest BCUT2D eigenvalue weighted by atomic mass is 16.5. The van der Waals surface area contributed by atoms with E-state index in [1.54, 1.807) is 6.20 Å². The zero-order valence-electron chi connectivity index (χ0n) is 11.4. The first kappa shape index (κ1) is 12.0. The van der Waals surface area contributed by atoms with E-state index in [2.05, 4.69) is 25.4 Å². The number of aromatic nitrogens is 4. The topological polar surface area (TPSA) is 76.7 Å². The summed E-state index contributed by atoms with van der Waals surface area (Å²) in [5.41, 5.74) is 0.716. The monoisotopic (exact) mass is 271 g/mol. The van der Waals surface area contributed by atoms with Gasteiger partial charge in [0.15, 0.2) is 0 Å². The van der Waals surface area contributed by atoms with Gasteiger partial charge >= 0.3 is 0 Å². The molecule has 4 rings (SSSR count). The van der Waals surface area contributed by atoms with Crippen LogP contribution in [0.15, 0.2) is 16.8 Å². The average Bonchev–Trinajstić information content (AvgIpc) is 3.14. The van der Waals surface area contributed by atoms with Crippen molar-refractivity contribution in [1.82, 2.24) is 25.4 Å². The van der Waals surface area contributed by atoms with Crippen LogP contribution in [0.1, 0.15) is 37.0 Å². The summed E-state index contributed by atoms with van der Waals surface area (Å²) in [6, 6.07) is 2.02. The van der Waals surface area contributed by atoms with E-state index in [1.165, 1.54) is 19.3 Å². The van der Waals surface area contributed by atoms with Crippen LogP contribution in [0.5, 0.6) is 0 Å². The van der Waals surface area contributed by atoms with Gasteiger partial charge in [-0.3, -0.25) is 0 Å². The molecule has 1 aliphatic carbocycles. The smallest absolute Gasteiger partial charge is 0.244 e. The Kier molecular flexibility index (Phi) is 2.77.